The van der Waals surface area contributed by atoms with Gasteiger partial charge in [0.1, 0.15) is 0 Å². The van der Waals surface area contributed by atoms with Gasteiger partial charge in [0.15, 0.2) is 0 Å². The van der Waals surface area contributed by atoms with E-state index >= 15 is 0 Å². The van der Waals surface area contributed by atoms with Crippen molar-refractivity contribution < 1.29 is 0 Å². The monoisotopic (exact) mass is 192 g/mol. The van der Waals surface area contributed by atoms with Crippen LogP contribution >= 0.6 is 0 Å². The van der Waals surface area contributed by atoms with E-state index in [-0.39, 0.29) is 12.3 Å². The summed E-state index contributed by atoms with van der Waals surface area (Å²) in [6, 6.07) is 11.5. The van der Waals surface area contributed by atoms with Crippen LogP contribution in [-0.2, 0) is 0 Å². The lowest BCUT2D eigenvalue weighted by Crippen LogP contribution is -1.90. The van der Waals surface area contributed by atoms with Crippen LogP contribution in [0.5, 0.6) is 0 Å². The van der Waals surface area contributed by atoms with E-state index in [4.69, 9.17) is 11.5 Å². The summed E-state index contributed by atoms with van der Waals surface area (Å²) in [6.07, 6.45) is 0. The Balaban J connectivity index is 0.000000845. The molecule has 4 nitrogen and oxygen atoms in total. The Morgan fingerprint density at radius 2 is 1.00 bits per heavy atom. The predicted molar refractivity (Wildman–Crippen MR) is 62.8 cm³/mol. The second-order valence-electron chi connectivity index (χ2n) is 2.79. The van der Waals surface area contributed by atoms with E-state index in [1.54, 1.807) is 0 Å². The summed E-state index contributed by atoms with van der Waals surface area (Å²) in [5.41, 5.74) is 13.1. The Bertz CT molecular complexity index is 384. The highest BCUT2D eigenvalue weighted by atomic mass is 14.6. The van der Waals surface area contributed by atoms with Crippen molar-refractivity contribution in [3.8, 4) is 0 Å². The average Bonchev–Trinajstić information content (AvgIpc) is 2.07. The minimum absolute atomic E-state index is 0. The first-order valence-electron chi connectivity index (χ1n) is 3.82. The number of benzene rings is 2. The smallest absolute Gasteiger partial charge is 0.0394 e. The third-order valence-corrected chi connectivity index (χ3v) is 1.99. The van der Waals surface area contributed by atoms with Gasteiger partial charge in [-0.15, -0.1) is 0 Å². The van der Waals surface area contributed by atoms with Crippen molar-refractivity contribution in [1.82, 2.24) is 12.3 Å². The molecule has 0 radical (unpaired) electrons. The fourth-order valence-electron chi connectivity index (χ4n) is 1.36. The van der Waals surface area contributed by atoms with Crippen LogP contribution in [0.4, 0.5) is 11.4 Å². The van der Waals surface area contributed by atoms with Gasteiger partial charge < -0.3 is 23.8 Å². The third-order valence-electron chi connectivity index (χ3n) is 1.99. The zero-order valence-electron chi connectivity index (χ0n) is 8.03. The Morgan fingerprint density at radius 1 is 0.643 bits per heavy atom. The van der Waals surface area contributed by atoms with Gasteiger partial charge in [0, 0.05) is 22.1 Å². The Morgan fingerprint density at radius 3 is 1.36 bits per heavy atom. The van der Waals surface area contributed by atoms with E-state index in [9.17, 15) is 0 Å². The lowest BCUT2D eigenvalue weighted by atomic mass is 10.1. The molecule has 0 aliphatic heterocycles. The van der Waals surface area contributed by atoms with Gasteiger partial charge >= 0.3 is 0 Å². The maximum atomic E-state index is 5.77. The molecule has 0 fully saturated rings. The highest BCUT2D eigenvalue weighted by molar-refractivity contribution is 5.99. The van der Waals surface area contributed by atoms with Crippen LogP contribution in [0.15, 0.2) is 36.4 Å². The van der Waals surface area contributed by atoms with Crippen LogP contribution in [0.3, 0.4) is 0 Å². The van der Waals surface area contributed by atoms with Gasteiger partial charge in [0.2, 0.25) is 0 Å². The van der Waals surface area contributed by atoms with Crippen LogP contribution in [-0.4, -0.2) is 0 Å². The second kappa shape index (κ2) is 4.45. The lowest BCUT2D eigenvalue weighted by molar-refractivity contribution is 1.71. The van der Waals surface area contributed by atoms with Gasteiger partial charge in [-0.2, -0.15) is 0 Å². The summed E-state index contributed by atoms with van der Waals surface area (Å²) in [5.74, 6) is 0. The summed E-state index contributed by atoms with van der Waals surface area (Å²) < 4.78 is 0. The Labute approximate surface area is 83.1 Å². The maximum Gasteiger partial charge on any atom is 0.0394 e. The van der Waals surface area contributed by atoms with Crippen molar-refractivity contribution in [2.24, 2.45) is 0 Å². The summed E-state index contributed by atoms with van der Waals surface area (Å²) >= 11 is 0. The molecule has 0 saturated carbocycles. The molecule has 0 atom stereocenters. The molecule has 4 heteroatoms. The molecule has 14 heavy (non-hydrogen) atoms. The molecule has 0 spiro atoms. The molecular weight excluding hydrogens is 176 g/mol. The van der Waals surface area contributed by atoms with E-state index in [1.807, 2.05) is 36.4 Å². The number of nitrogens with two attached hydrogens (primary N) is 2. The van der Waals surface area contributed by atoms with Gasteiger partial charge in [-0.3, -0.25) is 0 Å². The van der Waals surface area contributed by atoms with Crippen molar-refractivity contribution in [1.29, 1.82) is 0 Å². The van der Waals surface area contributed by atoms with E-state index in [1.165, 1.54) is 0 Å². The molecule has 2 aromatic rings. The SMILES string of the molecule is N.N.Nc1cccc2c(N)cccc12. The van der Waals surface area contributed by atoms with Crippen molar-refractivity contribution in [3.63, 3.8) is 0 Å². The molecule has 0 amide bonds. The first-order valence-corrected chi connectivity index (χ1v) is 3.82. The van der Waals surface area contributed by atoms with E-state index in [0.717, 1.165) is 22.1 Å². The van der Waals surface area contributed by atoms with Crippen molar-refractivity contribution >= 4 is 22.1 Å². The minimum atomic E-state index is 0. The summed E-state index contributed by atoms with van der Waals surface area (Å²) in [5, 5.41) is 2.05. The highest BCUT2D eigenvalue weighted by Crippen LogP contribution is 2.24. The van der Waals surface area contributed by atoms with Gasteiger partial charge in [-0.1, -0.05) is 24.3 Å². The van der Waals surface area contributed by atoms with E-state index < -0.39 is 0 Å². The Kier molecular flexibility index (Phi) is 3.89. The second-order valence-corrected chi connectivity index (χ2v) is 2.79. The standard InChI is InChI=1S/C10H10N2.2H3N/c11-9-5-1-3-7-8(9)4-2-6-10(7)12;;/h1-6H,11-12H2;2*1H3. The quantitative estimate of drug-likeness (QED) is 0.478. The maximum absolute atomic E-state index is 5.77. The molecule has 0 bridgehead atoms. The van der Waals surface area contributed by atoms with Crippen molar-refractivity contribution in [2.75, 3.05) is 11.5 Å². The van der Waals surface area contributed by atoms with Crippen LogP contribution < -0.4 is 23.8 Å². The van der Waals surface area contributed by atoms with Crippen LogP contribution in [0.1, 0.15) is 0 Å². The van der Waals surface area contributed by atoms with Gasteiger partial charge in [0.25, 0.3) is 0 Å². The molecule has 0 heterocycles. The van der Waals surface area contributed by atoms with Crippen LogP contribution in [0, 0.1) is 0 Å². The molecule has 0 unspecified atom stereocenters. The largest absolute Gasteiger partial charge is 0.398 e. The fraction of sp³-hybridized carbons (Fsp3) is 0. The highest BCUT2D eigenvalue weighted by Gasteiger charge is 1.98. The topological polar surface area (TPSA) is 122 Å². The van der Waals surface area contributed by atoms with Gasteiger partial charge in [-0.05, 0) is 12.1 Å². The van der Waals surface area contributed by atoms with E-state index in [0.29, 0.717) is 0 Å². The molecule has 76 valence electrons. The normalized spacial score (nSPS) is 8.86. The molecule has 0 aromatic heterocycles. The number of nitrogen functional groups attached to an aromatic ring is 2. The molecule has 0 aliphatic carbocycles. The van der Waals surface area contributed by atoms with Crippen molar-refractivity contribution in [2.45, 2.75) is 0 Å². The molecule has 0 aliphatic rings. The number of fused-ring (bicyclic) bond motifs is 1. The fourth-order valence-corrected chi connectivity index (χ4v) is 1.36. The zero-order chi connectivity index (χ0) is 8.55. The van der Waals surface area contributed by atoms with Gasteiger partial charge in [-0.25, -0.2) is 0 Å². The Hall–Kier alpha value is -1.78. The number of hydrogen-bond donors (Lipinski definition) is 4. The zero-order valence-corrected chi connectivity index (χ0v) is 8.03. The lowest BCUT2D eigenvalue weighted by Gasteiger charge is -2.03. The summed E-state index contributed by atoms with van der Waals surface area (Å²) in [7, 11) is 0. The first-order chi connectivity index (χ1) is 5.79. The average molecular weight is 192 g/mol. The number of hydrogen-bond acceptors (Lipinski definition) is 4. The molecular formula is C10H16N4. The summed E-state index contributed by atoms with van der Waals surface area (Å²) in [6.45, 7) is 0. The first kappa shape index (κ1) is 12.2. The van der Waals surface area contributed by atoms with Crippen LogP contribution in [0.25, 0.3) is 10.8 Å². The summed E-state index contributed by atoms with van der Waals surface area (Å²) in [4.78, 5) is 0. The minimum Gasteiger partial charge on any atom is -0.398 e. The van der Waals surface area contributed by atoms with Crippen LogP contribution in [0.2, 0.25) is 0 Å². The molecule has 2 aromatic carbocycles. The third kappa shape index (κ3) is 1.76. The predicted octanol–water partition coefficient (Wildman–Crippen LogP) is 2.33. The number of rotatable bonds is 0. The molecule has 0 saturated heterocycles. The number of anilines is 2. The van der Waals surface area contributed by atoms with Gasteiger partial charge in [0.05, 0.1) is 0 Å². The van der Waals surface area contributed by atoms with Crippen molar-refractivity contribution in [3.05, 3.63) is 36.4 Å². The molecule has 10 N–H and O–H groups in total. The molecule has 2 rings (SSSR count). The van der Waals surface area contributed by atoms with E-state index in [2.05, 4.69) is 0 Å².